The van der Waals surface area contributed by atoms with Crippen LogP contribution in [0.1, 0.15) is 76.0 Å². The Morgan fingerprint density at radius 3 is 2.71 bits per heavy atom. The number of fused-ring (bicyclic) bond motifs is 1. The maximum atomic E-state index is 5.79. The number of unbranched alkanes of at least 4 members (excludes halogenated alkanes) is 5. The van der Waals surface area contributed by atoms with Crippen molar-refractivity contribution < 1.29 is 4.74 Å². The Hall–Kier alpha value is -1.02. The van der Waals surface area contributed by atoms with Crippen molar-refractivity contribution in [3.05, 3.63) is 29.3 Å². The van der Waals surface area contributed by atoms with Crippen LogP contribution in [0.5, 0.6) is 5.75 Å². The number of hydrogen-bond donors (Lipinski definition) is 1. The molecule has 0 aromatic heterocycles. The van der Waals surface area contributed by atoms with Gasteiger partial charge < -0.3 is 10.1 Å². The molecule has 2 heteroatoms. The molecule has 2 unspecified atom stereocenters. The summed E-state index contributed by atoms with van der Waals surface area (Å²) in [7, 11) is 2.08. The summed E-state index contributed by atoms with van der Waals surface area (Å²) >= 11 is 0. The lowest BCUT2D eigenvalue weighted by atomic mass is 9.97. The average Bonchev–Trinajstić information content (AvgIpc) is 2.85. The first-order valence-corrected chi connectivity index (χ1v) is 8.71. The monoisotopic (exact) mass is 289 g/mol. The van der Waals surface area contributed by atoms with E-state index in [1.807, 2.05) is 0 Å². The molecule has 1 N–H and O–H groups in total. The fourth-order valence-electron chi connectivity index (χ4n) is 3.27. The molecular weight excluding hydrogens is 258 g/mol. The molecule has 0 amide bonds. The predicted octanol–water partition coefficient (Wildman–Crippen LogP) is 5.02. The molecule has 118 valence electrons. The van der Waals surface area contributed by atoms with E-state index in [2.05, 4.69) is 44.4 Å². The van der Waals surface area contributed by atoms with Crippen molar-refractivity contribution in [1.29, 1.82) is 0 Å². The van der Waals surface area contributed by atoms with E-state index < -0.39 is 0 Å². The first-order valence-electron chi connectivity index (χ1n) is 8.71. The van der Waals surface area contributed by atoms with E-state index in [4.69, 9.17) is 4.74 Å². The molecule has 0 saturated carbocycles. The van der Waals surface area contributed by atoms with Gasteiger partial charge in [-0.05, 0) is 37.6 Å². The number of hydrogen-bond acceptors (Lipinski definition) is 2. The largest absolute Gasteiger partial charge is 0.490 e. The van der Waals surface area contributed by atoms with Crippen molar-refractivity contribution in [1.82, 2.24) is 5.32 Å². The van der Waals surface area contributed by atoms with Gasteiger partial charge in [0.2, 0.25) is 0 Å². The molecule has 2 nitrogen and oxygen atoms in total. The molecule has 21 heavy (non-hydrogen) atoms. The van der Waals surface area contributed by atoms with Gasteiger partial charge in [0.05, 0.1) is 0 Å². The second kappa shape index (κ2) is 8.43. The quantitative estimate of drug-likeness (QED) is 0.644. The summed E-state index contributed by atoms with van der Waals surface area (Å²) in [5.41, 5.74) is 2.80. The van der Waals surface area contributed by atoms with Gasteiger partial charge >= 0.3 is 0 Å². The molecule has 0 saturated heterocycles. The smallest absolute Gasteiger partial charge is 0.123 e. The normalized spacial score (nSPS) is 18.3. The molecule has 1 aromatic carbocycles. The molecule has 1 heterocycles. The topological polar surface area (TPSA) is 21.3 Å². The van der Waals surface area contributed by atoms with Crippen LogP contribution < -0.4 is 10.1 Å². The van der Waals surface area contributed by atoms with E-state index in [0.29, 0.717) is 12.1 Å². The van der Waals surface area contributed by atoms with Crippen molar-refractivity contribution in [3.8, 4) is 5.75 Å². The van der Waals surface area contributed by atoms with Crippen molar-refractivity contribution >= 4 is 0 Å². The minimum atomic E-state index is 0.335. The summed E-state index contributed by atoms with van der Waals surface area (Å²) < 4.78 is 5.79. The molecule has 0 fully saturated rings. The highest BCUT2D eigenvalue weighted by Gasteiger charge is 2.20. The minimum Gasteiger partial charge on any atom is -0.490 e. The van der Waals surface area contributed by atoms with E-state index in [1.54, 1.807) is 0 Å². The average molecular weight is 289 g/mol. The fraction of sp³-hybridized carbons (Fsp3) is 0.684. The zero-order chi connectivity index (χ0) is 15.1. The Balaban J connectivity index is 1.82. The number of nitrogens with one attached hydrogen (secondary N) is 1. The van der Waals surface area contributed by atoms with Crippen LogP contribution in [-0.4, -0.2) is 13.2 Å². The van der Waals surface area contributed by atoms with Crippen molar-refractivity contribution in [2.75, 3.05) is 7.05 Å². The van der Waals surface area contributed by atoms with Crippen LogP contribution in [0, 0.1) is 0 Å². The maximum absolute atomic E-state index is 5.79. The zero-order valence-electron chi connectivity index (χ0n) is 14.0. The third-order valence-electron chi connectivity index (χ3n) is 4.52. The van der Waals surface area contributed by atoms with Gasteiger partial charge in [-0.2, -0.15) is 0 Å². The van der Waals surface area contributed by atoms with Crippen molar-refractivity contribution in [2.45, 2.75) is 77.4 Å². The second-order valence-corrected chi connectivity index (χ2v) is 6.40. The molecule has 0 spiro atoms. The molecular formula is C19H31NO. The van der Waals surface area contributed by atoms with Gasteiger partial charge in [-0.1, -0.05) is 57.6 Å². The number of ether oxygens (including phenoxy) is 1. The van der Waals surface area contributed by atoms with E-state index in [0.717, 1.165) is 12.2 Å². The Labute approximate surface area is 130 Å². The van der Waals surface area contributed by atoms with E-state index in [9.17, 15) is 0 Å². The van der Waals surface area contributed by atoms with Crippen LogP contribution in [0.25, 0.3) is 0 Å². The number of rotatable bonds is 9. The molecule has 0 aliphatic carbocycles. The molecule has 1 aliphatic rings. The highest BCUT2D eigenvalue weighted by Crippen LogP contribution is 2.32. The fourth-order valence-corrected chi connectivity index (χ4v) is 3.27. The Kier molecular flexibility index (Phi) is 6.56. The van der Waals surface area contributed by atoms with Gasteiger partial charge in [0.1, 0.15) is 11.9 Å². The lowest BCUT2D eigenvalue weighted by molar-refractivity contribution is 0.254. The van der Waals surface area contributed by atoms with Gasteiger partial charge in [-0.15, -0.1) is 0 Å². The maximum Gasteiger partial charge on any atom is 0.123 e. The molecule has 2 rings (SSSR count). The third-order valence-corrected chi connectivity index (χ3v) is 4.52. The molecule has 0 bridgehead atoms. The van der Waals surface area contributed by atoms with Crippen LogP contribution in [0.2, 0.25) is 0 Å². The highest BCUT2D eigenvalue weighted by atomic mass is 16.5. The van der Waals surface area contributed by atoms with E-state index in [-0.39, 0.29) is 0 Å². The van der Waals surface area contributed by atoms with Gasteiger partial charge in [0, 0.05) is 12.5 Å². The van der Waals surface area contributed by atoms with Gasteiger partial charge in [0.15, 0.2) is 0 Å². The second-order valence-electron chi connectivity index (χ2n) is 6.40. The van der Waals surface area contributed by atoms with Crippen molar-refractivity contribution in [2.24, 2.45) is 0 Å². The molecule has 1 aliphatic heterocycles. The van der Waals surface area contributed by atoms with Gasteiger partial charge in [0.25, 0.3) is 0 Å². The minimum absolute atomic E-state index is 0.335. The van der Waals surface area contributed by atoms with E-state index >= 15 is 0 Å². The van der Waals surface area contributed by atoms with Crippen LogP contribution in [0.15, 0.2) is 18.2 Å². The highest BCUT2D eigenvalue weighted by molar-refractivity contribution is 5.41. The van der Waals surface area contributed by atoms with Crippen LogP contribution >= 0.6 is 0 Å². The lowest BCUT2D eigenvalue weighted by Gasteiger charge is -2.17. The van der Waals surface area contributed by atoms with Gasteiger partial charge in [-0.25, -0.2) is 0 Å². The lowest BCUT2D eigenvalue weighted by Crippen LogP contribution is -2.16. The molecule has 2 atom stereocenters. The van der Waals surface area contributed by atoms with Crippen LogP contribution in [0.4, 0.5) is 0 Å². The van der Waals surface area contributed by atoms with Gasteiger partial charge in [-0.3, -0.25) is 0 Å². The summed E-state index contributed by atoms with van der Waals surface area (Å²) in [6, 6.07) is 7.21. The zero-order valence-corrected chi connectivity index (χ0v) is 14.0. The van der Waals surface area contributed by atoms with Crippen LogP contribution in [0.3, 0.4) is 0 Å². The third kappa shape index (κ3) is 4.74. The predicted molar refractivity (Wildman–Crippen MR) is 90.0 cm³/mol. The number of benzene rings is 1. The standard InChI is InChI=1S/C19H31NO/c1-4-5-6-7-8-9-10-18(20-3)16-11-12-19-17(14-16)13-15(2)21-19/h11-12,14-15,18,20H,4-10,13H2,1-3H3. The Morgan fingerprint density at radius 2 is 1.95 bits per heavy atom. The summed E-state index contributed by atoms with van der Waals surface area (Å²) in [5, 5.41) is 3.48. The summed E-state index contributed by atoms with van der Waals surface area (Å²) in [6.45, 7) is 4.42. The van der Waals surface area contributed by atoms with Crippen molar-refractivity contribution in [3.63, 3.8) is 0 Å². The van der Waals surface area contributed by atoms with E-state index in [1.165, 1.54) is 56.1 Å². The molecule has 1 aromatic rings. The SMILES string of the molecule is CCCCCCCCC(NC)c1ccc2c(c1)CC(C)O2. The summed E-state index contributed by atoms with van der Waals surface area (Å²) in [5.74, 6) is 1.08. The first-order chi connectivity index (χ1) is 10.2. The van der Waals surface area contributed by atoms with Crippen LogP contribution in [-0.2, 0) is 6.42 Å². The Morgan fingerprint density at radius 1 is 1.19 bits per heavy atom. The molecule has 0 radical (unpaired) electrons. The summed E-state index contributed by atoms with van der Waals surface area (Å²) in [4.78, 5) is 0. The first kappa shape index (κ1) is 16.4. The summed E-state index contributed by atoms with van der Waals surface area (Å²) in [6.07, 6.45) is 10.8. The Bertz CT molecular complexity index is 430.